The normalized spacial score (nSPS) is 12.5. The van der Waals surface area contributed by atoms with Crippen molar-refractivity contribution in [2.45, 2.75) is 38.9 Å². The number of nitrogens with one attached hydrogen (secondary N) is 1. The number of thiazole rings is 1. The summed E-state index contributed by atoms with van der Waals surface area (Å²) in [5, 5.41) is 9.27. The second-order valence-corrected chi connectivity index (χ2v) is 7.71. The van der Waals surface area contributed by atoms with E-state index >= 15 is 0 Å². The number of carbonyl (C=O) groups excluding carboxylic acids is 1. The number of aryl methyl sites for hydroxylation is 1. The maximum Gasteiger partial charge on any atom is 0.226 e. The van der Waals surface area contributed by atoms with Crippen molar-refractivity contribution in [2.24, 2.45) is 0 Å². The van der Waals surface area contributed by atoms with Crippen LogP contribution in [-0.2, 0) is 21.3 Å². The molecule has 0 saturated heterocycles. The Morgan fingerprint density at radius 2 is 2.27 bits per heavy atom. The molecule has 0 aromatic carbocycles. The predicted molar refractivity (Wildman–Crippen MR) is 87.4 cm³/mol. The highest BCUT2D eigenvalue weighted by molar-refractivity contribution is 7.84. The molecule has 2 aromatic heterocycles. The molecule has 2 heterocycles. The number of amides is 1. The van der Waals surface area contributed by atoms with Gasteiger partial charge in [-0.2, -0.15) is 0 Å². The molecule has 1 N–H and O–H groups in total. The molecule has 0 bridgehead atoms. The van der Waals surface area contributed by atoms with E-state index in [0.717, 1.165) is 10.7 Å². The summed E-state index contributed by atoms with van der Waals surface area (Å²) in [6.45, 7) is 5.90. The largest absolute Gasteiger partial charge is 0.360 e. The van der Waals surface area contributed by atoms with Crippen LogP contribution in [0.5, 0.6) is 0 Å². The van der Waals surface area contributed by atoms with Crippen molar-refractivity contribution in [1.29, 1.82) is 0 Å². The summed E-state index contributed by atoms with van der Waals surface area (Å²) in [5.41, 5.74) is 0.833. The zero-order valence-corrected chi connectivity index (χ0v) is 14.4. The minimum absolute atomic E-state index is 0.180. The highest BCUT2D eigenvalue weighted by Crippen LogP contribution is 2.20. The lowest BCUT2D eigenvalue weighted by Crippen LogP contribution is -2.15. The summed E-state index contributed by atoms with van der Waals surface area (Å²) in [6.07, 6.45) is 0.180. The van der Waals surface area contributed by atoms with Gasteiger partial charge in [0.05, 0.1) is 16.5 Å². The van der Waals surface area contributed by atoms with E-state index < -0.39 is 10.8 Å². The fraction of sp³-hybridized carbons (Fsp3) is 0.500. The second-order valence-electron chi connectivity index (χ2n) is 5.24. The molecule has 0 aliphatic rings. The van der Waals surface area contributed by atoms with Gasteiger partial charge in [0.1, 0.15) is 5.76 Å². The van der Waals surface area contributed by atoms with Crippen LogP contribution in [0.1, 0.15) is 42.6 Å². The summed E-state index contributed by atoms with van der Waals surface area (Å²) in [5.74, 6) is 1.86. The number of hydrogen-bond acceptors (Lipinski definition) is 6. The number of hydrogen-bond donors (Lipinski definition) is 1. The minimum Gasteiger partial charge on any atom is -0.360 e. The van der Waals surface area contributed by atoms with Crippen molar-refractivity contribution >= 4 is 33.9 Å². The number of aromatic nitrogens is 2. The van der Waals surface area contributed by atoms with Gasteiger partial charge in [0, 0.05) is 40.3 Å². The van der Waals surface area contributed by atoms with Crippen LogP contribution in [-0.4, -0.2) is 26.0 Å². The van der Waals surface area contributed by atoms with E-state index in [2.05, 4.69) is 29.3 Å². The van der Waals surface area contributed by atoms with Gasteiger partial charge in [-0.25, -0.2) is 4.98 Å². The summed E-state index contributed by atoms with van der Waals surface area (Å²) >= 11 is 1.58. The molecule has 0 aliphatic heterocycles. The predicted octanol–water partition coefficient (Wildman–Crippen LogP) is 2.84. The molecule has 1 amide bonds. The molecule has 6 nitrogen and oxygen atoms in total. The average molecular weight is 341 g/mol. The molecular formula is C14H19N3O3S2. The van der Waals surface area contributed by atoms with E-state index in [0.29, 0.717) is 29.0 Å². The molecule has 0 unspecified atom stereocenters. The minimum atomic E-state index is -1.10. The van der Waals surface area contributed by atoms with Gasteiger partial charge in [-0.1, -0.05) is 19.0 Å². The lowest BCUT2D eigenvalue weighted by molar-refractivity contribution is -0.115. The number of carbonyl (C=O) groups is 1. The summed E-state index contributed by atoms with van der Waals surface area (Å²) < 4.78 is 16.9. The van der Waals surface area contributed by atoms with E-state index in [1.54, 1.807) is 24.3 Å². The molecular weight excluding hydrogens is 322 g/mol. The molecule has 120 valence electrons. The summed E-state index contributed by atoms with van der Waals surface area (Å²) in [4.78, 5) is 16.2. The Labute approximate surface area is 135 Å². The summed E-state index contributed by atoms with van der Waals surface area (Å²) in [6, 6.07) is 1.64. The topological polar surface area (TPSA) is 85.1 Å². The first-order valence-electron chi connectivity index (χ1n) is 6.96. The quantitative estimate of drug-likeness (QED) is 0.837. The average Bonchev–Trinajstić information content (AvgIpc) is 3.06. The van der Waals surface area contributed by atoms with Crippen LogP contribution < -0.4 is 5.32 Å². The van der Waals surface area contributed by atoms with Crippen LogP contribution in [0.15, 0.2) is 16.0 Å². The molecule has 8 heteroatoms. The van der Waals surface area contributed by atoms with Gasteiger partial charge < -0.3 is 9.84 Å². The van der Waals surface area contributed by atoms with Gasteiger partial charge in [0.15, 0.2) is 5.82 Å². The molecule has 2 aromatic rings. The lowest BCUT2D eigenvalue weighted by atomic mass is 10.2. The molecule has 1 atom stereocenters. The zero-order valence-electron chi connectivity index (χ0n) is 12.8. The van der Waals surface area contributed by atoms with Crippen molar-refractivity contribution in [1.82, 2.24) is 10.1 Å². The Morgan fingerprint density at radius 1 is 1.50 bits per heavy atom. The Kier molecular flexibility index (Phi) is 5.84. The van der Waals surface area contributed by atoms with Crippen LogP contribution in [0.25, 0.3) is 0 Å². The van der Waals surface area contributed by atoms with Crippen LogP contribution >= 0.6 is 11.3 Å². The molecule has 0 aliphatic carbocycles. The van der Waals surface area contributed by atoms with Crippen LogP contribution in [0.4, 0.5) is 5.82 Å². The Bertz CT molecular complexity index is 664. The van der Waals surface area contributed by atoms with Crippen LogP contribution in [0.3, 0.4) is 0 Å². The second kappa shape index (κ2) is 7.64. The third-order valence-corrected chi connectivity index (χ3v) is 5.30. The first-order valence-corrected chi connectivity index (χ1v) is 9.33. The van der Waals surface area contributed by atoms with E-state index in [1.807, 2.05) is 5.38 Å². The molecule has 0 radical (unpaired) electrons. The molecule has 22 heavy (non-hydrogen) atoms. The van der Waals surface area contributed by atoms with Crippen LogP contribution in [0.2, 0.25) is 0 Å². The number of nitrogens with zero attached hydrogens (tertiary/aromatic N) is 2. The van der Waals surface area contributed by atoms with E-state index in [9.17, 15) is 9.00 Å². The zero-order chi connectivity index (χ0) is 16.1. The maximum atomic E-state index is 12.0. The van der Waals surface area contributed by atoms with Crippen molar-refractivity contribution in [3.63, 3.8) is 0 Å². The molecule has 0 spiro atoms. The van der Waals surface area contributed by atoms with E-state index in [4.69, 9.17) is 4.52 Å². The van der Waals surface area contributed by atoms with Crippen molar-refractivity contribution < 1.29 is 13.5 Å². The third kappa shape index (κ3) is 5.03. The number of rotatable bonds is 7. The standard InChI is InChI=1S/C14H19N3O3S2/c1-9(2)14-15-11(7-21-14)8-22(19)5-4-13(18)16-12-6-10(3)20-17-12/h6-7,9H,4-5,8H2,1-3H3,(H,16,17,18)/t22-/m1/s1. The number of anilines is 1. The third-order valence-electron chi connectivity index (χ3n) is 2.82. The first-order chi connectivity index (χ1) is 10.4. The maximum absolute atomic E-state index is 12.0. The van der Waals surface area contributed by atoms with Gasteiger partial charge in [0.2, 0.25) is 5.91 Å². The van der Waals surface area contributed by atoms with Gasteiger partial charge in [0.25, 0.3) is 0 Å². The molecule has 0 fully saturated rings. The first kappa shape index (κ1) is 16.8. The van der Waals surface area contributed by atoms with Crippen molar-refractivity contribution in [3.05, 3.63) is 27.9 Å². The monoisotopic (exact) mass is 341 g/mol. The Hall–Kier alpha value is -1.54. The molecule has 0 saturated carbocycles. The Balaban J connectivity index is 1.76. The fourth-order valence-electron chi connectivity index (χ4n) is 1.73. The SMILES string of the molecule is Cc1cc(NC(=O)CC[S@@](=O)Cc2csc(C(C)C)n2)no1. The Morgan fingerprint density at radius 3 is 2.86 bits per heavy atom. The summed E-state index contributed by atoms with van der Waals surface area (Å²) in [7, 11) is -1.10. The van der Waals surface area contributed by atoms with Crippen molar-refractivity contribution in [3.8, 4) is 0 Å². The van der Waals surface area contributed by atoms with Gasteiger partial charge in [-0.3, -0.25) is 9.00 Å². The smallest absolute Gasteiger partial charge is 0.226 e. The van der Waals surface area contributed by atoms with E-state index in [-0.39, 0.29) is 12.3 Å². The lowest BCUT2D eigenvalue weighted by Gasteiger charge is -2.01. The highest BCUT2D eigenvalue weighted by atomic mass is 32.2. The van der Waals surface area contributed by atoms with Gasteiger partial charge >= 0.3 is 0 Å². The molecule has 2 rings (SSSR count). The highest BCUT2D eigenvalue weighted by Gasteiger charge is 2.11. The fourth-order valence-corrected chi connectivity index (χ4v) is 3.70. The van der Waals surface area contributed by atoms with Crippen LogP contribution in [0, 0.1) is 6.92 Å². The van der Waals surface area contributed by atoms with Gasteiger partial charge in [-0.15, -0.1) is 11.3 Å². The van der Waals surface area contributed by atoms with Gasteiger partial charge in [-0.05, 0) is 6.92 Å². The van der Waals surface area contributed by atoms with Crippen molar-refractivity contribution in [2.75, 3.05) is 11.1 Å². The van der Waals surface area contributed by atoms with E-state index in [1.165, 1.54) is 0 Å².